The molecule has 1 aliphatic heterocycles. The molecule has 3 rings (SSSR count). The lowest BCUT2D eigenvalue weighted by Gasteiger charge is -2.00. The van der Waals surface area contributed by atoms with E-state index in [-0.39, 0.29) is 12.3 Å². The number of fused-ring (bicyclic) bond motifs is 1. The maximum atomic E-state index is 7.21. The molecule has 1 aromatic carbocycles. The van der Waals surface area contributed by atoms with Gasteiger partial charge in [0.1, 0.15) is 0 Å². The molecule has 0 saturated carbocycles. The van der Waals surface area contributed by atoms with E-state index in [0.29, 0.717) is 6.54 Å². The van der Waals surface area contributed by atoms with Crippen molar-refractivity contribution in [1.82, 2.24) is 5.27 Å². The van der Waals surface area contributed by atoms with Gasteiger partial charge in [-0.05, 0) is 18.2 Å². The fraction of sp³-hybridized carbons (Fsp3) is 0.200. The Kier molecular flexibility index (Phi) is 1.92. The second-order valence-corrected chi connectivity index (χ2v) is 3.45. The maximum Gasteiger partial charge on any atom is 0.264 e. The van der Waals surface area contributed by atoms with E-state index in [9.17, 15) is 0 Å². The zero-order valence-corrected chi connectivity index (χ0v) is 8.34. The Labute approximate surface area is 90.5 Å². The minimum atomic E-state index is 0.0424. The number of hydrogen-bond acceptors (Lipinski definition) is 4. The van der Waals surface area contributed by atoms with E-state index in [1.807, 2.05) is 18.2 Å². The van der Waals surface area contributed by atoms with Gasteiger partial charge in [0.05, 0.1) is 0 Å². The molecule has 2 heterocycles. The Bertz CT molecular complexity index is 573. The van der Waals surface area contributed by atoms with Gasteiger partial charge in [-0.15, -0.1) is 0 Å². The summed E-state index contributed by atoms with van der Waals surface area (Å²) >= 11 is 0. The van der Waals surface area contributed by atoms with Crippen LogP contribution in [0.1, 0.15) is 5.56 Å². The predicted molar refractivity (Wildman–Crippen MR) is 49.7 cm³/mol. The van der Waals surface area contributed by atoms with Crippen molar-refractivity contribution in [2.45, 2.75) is 6.54 Å². The van der Waals surface area contributed by atoms with Crippen LogP contribution < -0.4 is 25.0 Å². The molecule has 2 aromatic rings. The van der Waals surface area contributed by atoms with Gasteiger partial charge in [0.15, 0.2) is 18.0 Å². The van der Waals surface area contributed by atoms with E-state index in [4.69, 9.17) is 14.9 Å². The third-order valence-corrected chi connectivity index (χ3v) is 2.29. The Morgan fingerprint density at radius 2 is 2.19 bits per heavy atom. The molecule has 0 spiro atoms. The second kappa shape index (κ2) is 3.41. The summed E-state index contributed by atoms with van der Waals surface area (Å²) in [6.07, 6.45) is 1.52. The first-order valence-corrected chi connectivity index (χ1v) is 4.78. The second-order valence-electron chi connectivity index (χ2n) is 3.45. The summed E-state index contributed by atoms with van der Waals surface area (Å²) in [5, 5.41) is 10.9. The molecule has 0 radical (unpaired) electrons. The van der Waals surface area contributed by atoms with E-state index < -0.39 is 0 Å². The minimum Gasteiger partial charge on any atom is -0.487 e. The van der Waals surface area contributed by atoms with E-state index in [0.717, 1.165) is 17.1 Å². The highest BCUT2D eigenvalue weighted by atomic mass is 16.7. The molecule has 0 bridgehead atoms. The first-order chi connectivity index (χ1) is 7.81. The van der Waals surface area contributed by atoms with Gasteiger partial charge in [-0.25, -0.2) is 4.68 Å². The fourth-order valence-electron chi connectivity index (χ4n) is 1.58. The Morgan fingerprint density at radius 3 is 3.00 bits per heavy atom. The average molecular weight is 219 g/mol. The van der Waals surface area contributed by atoms with E-state index in [1.165, 1.54) is 6.20 Å². The molecule has 0 fully saturated rings. The molecule has 6 heteroatoms. The lowest BCUT2D eigenvalue weighted by Crippen LogP contribution is -2.37. The number of hydrogen-bond donors (Lipinski definition) is 1. The molecule has 0 atom stereocenters. The van der Waals surface area contributed by atoms with Crippen molar-refractivity contribution in [3.05, 3.63) is 35.5 Å². The van der Waals surface area contributed by atoms with Crippen molar-refractivity contribution in [3.63, 3.8) is 0 Å². The topological polar surface area (TPSA) is 73.4 Å². The molecule has 1 N–H and O–H groups in total. The molecule has 0 saturated heterocycles. The van der Waals surface area contributed by atoms with Crippen LogP contribution >= 0.6 is 0 Å². The van der Waals surface area contributed by atoms with Gasteiger partial charge in [-0.3, -0.25) is 10.7 Å². The van der Waals surface area contributed by atoms with Crippen LogP contribution in [-0.2, 0) is 6.54 Å². The molecule has 0 unspecified atom stereocenters. The number of rotatable bonds is 2. The molecule has 82 valence electrons. The van der Waals surface area contributed by atoms with Crippen LogP contribution in [0, 0.1) is 5.41 Å². The largest absolute Gasteiger partial charge is 0.487 e. The third-order valence-electron chi connectivity index (χ3n) is 2.29. The van der Waals surface area contributed by atoms with Crippen molar-refractivity contribution < 1.29 is 18.7 Å². The zero-order chi connectivity index (χ0) is 11.0. The lowest BCUT2D eigenvalue weighted by atomic mass is 10.2. The van der Waals surface area contributed by atoms with Crippen LogP contribution in [0.15, 0.2) is 28.9 Å². The van der Waals surface area contributed by atoms with Gasteiger partial charge in [0.2, 0.25) is 13.0 Å². The van der Waals surface area contributed by atoms with Crippen LogP contribution in [0.2, 0.25) is 0 Å². The standard InChI is InChI=1S/C10H9N3O3/c11-10-5-13(12-16-10)4-7-1-2-8-9(3-7)15-6-14-8/h1-3,5,11H,4,6H2. The first kappa shape index (κ1) is 9.02. The normalized spacial score (nSPS) is 13.0. The molecule has 6 nitrogen and oxygen atoms in total. The minimum absolute atomic E-state index is 0.0424. The summed E-state index contributed by atoms with van der Waals surface area (Å²) in [7, 11) is 0. The number of aromatic nitrogens is 2. The van der Waals surface area contributed by atoms with Gasteiger partial charge >= 0.3 is 0 Å². The number of nitrogens with zero attached hydrogens (tertiary/aromatic N) is 2. The highest BCUT2D eigenvalue weighted by molar-refractivity contribution is 5.44. The molecule has 0 aliphatic carbocycles. The van der Waals surface area contributed by atoms with Crippen molar-refractivity contribution in [2.24, 2.45) is 0 Å². The quantitative estimate of drug-likeness (QED) is 0.709. The molecule has 0 amide bonds. The van der Waals surface area contributed by atoms with Crippen LogP contribution in [0.25, 0.3) is 0 Å². The van der Waals surface area contributed by atoms with Crippen LogP contribution in [0.4, 0.5) is 0 Å². The molecular weight excluding hydrogens is 210 g/mol. The number of benzene rings is 1. The van der Waals surface area contributed by atoms with E-state index >= 15 is 0 Å². The maximum absolute atomic E-state index is 7.21. The van der Waals surface area contributed by atoms with Crippen LogP contribution in [0.5, 0.6) is 11.5 Å². The van der Waals surface area contributed by atoms with Crippen LogP contribution in [-0.4, -0.2) is 6.79 Å². The summed E-state index contributed by atoms with van der Waals surface area (Å²) in [6, 6.07) is 5.69. The molecule has 1 aromatic heterocycles. The first-order valence-electron chi connectivity index (χ1n) is 4.78. The highest BCUT2D eigenvalue weighted by Crippen LogP contribution is 2.32. The zero-order valence-electron chi connectivity index (χ0n) is 8.34. The summed E-state index contributed by atoms with van der Waals surface area (Å²) in [4.78, 5) is 0. The summed E-state index contributed by atoms with van der Waals surface area (Å²) in [5.41, 5.74) is 1.06. The SMILES string of the molecule is N=c1c[n+](Cc2ccc3c(c2)OCO3)[n-]o1. The van der Waals surface area contributed by atoms with E-state index in [1.54, 1.807) is 4.68 Å². The summed E-state index contributed by atoms with van der Waals surface area (Å²) in [6.45, 7) is 0.811. The van der Waals surface area contributed by atoms with Gasteiger partial charge in [-0.2, -0.15) is 0 Å². The van der Waals surface area contributed by atoms with Crippen molar-refractivity contribution >= 4 is 0 Å². The van der Waals surface area contributed by atoms with Crippen molar-refractivity contribution in [3.8, 4) is 11.5 Å². The fourth-order valence-corrected chi connectivity index (χ4v) is 1.58. The van der Waals surface area contributed by atoms with Gasteiger partial charge in [-0.1, -0.05) is 0 Å². The van der Waals surface area contributed by atoms with Gasteiger partial charge < -0.3 is 14.0 Å². The Morgan fingerprint density at radius 1 is 1.31 bits per heavy atom. The van der Waals surface area contributed by atoms with Gasteiger partial charge in [0.25, 0.3) is 5.55 Å². The van der Waals surface area contributed by atoms with Crippen LogP contribution in [0.3, 0.4) is 0 Å². The molecule has 1 aliphatic rings. The van der Waals surface area contributed by atoms with Gasteiger partial charge in [0, 0.05) is 5.56 Å². The van der Waals surface area contributed by atoms with E-state index in [2.05, 4.69) is 9.79 Å². The van der Waals surface area contributed by atoms with Crippen molar-refractivity contribution in [1.29, 1.82) is 5.41 Å². The number of ether oxygens (including phenoxy) is 2. The third kappa shape index (κ3) is 1.54. The smallest absolute Gasteiger partial charge is 0.264 e. The summed E-state index contributed by atoms with van der Waals surface area (Å²) in [5.74, 6) is 1.50. The lowest BCUT2D eigenvalue weighted by molar-refractivity contribution is -0.760. The summed E-state index contributed by atoms with van der Waals surface area (Å²) < 4.78 is 16.7. The molecule has 16 heavy (non-hydrogen) atoms. The monoisotopic (exact) mass is 219 g/mol. The average Bonchev–Trinajstić information content (AvgIpc) is 2.87. The Hall–Kier alpha value is -2.24. The highest BCUT2D eigenvalue weighted by Gasteiger charge is 2.14. The van der Waals surface area contributed by atoms with Crippen molar-refractivity contribution in [2.75, 3.05) is 6.79 Å². The molecular formula is C10H9N3O3. The Balaban J connectivity index is 1.88. The number of nitrogens with one attached hydrogen (secondary N) is 1. The predicted octanol–water partition coefficient (Wildman–Crippen LogP) is -0.219.